The van der Waals surface area contributed by atoms with Gasteiger partial charge in [0, 0.05) is 35.2 Å². The van der Waals surface area contributed by atoms with Crippen LogP contribution in [0.3, 0.4) is 0 Å². The van der Waals surface area contributed by atoms with Crippen molar-refractivity contribution in [3.05, 3.63) is 35.5 Å². The van der Waals surface area contributed by atoms with Crippen molar-refractivity contribution in [3.63, 3.8) is 0 Å². The number of nitrogens with zero attached hydrogens (tertiary/aromatic N) is 1. The van der Waals surface area contributed by atoms with E-state index in [1.165, 1.54) is 30.5 Å². The van der Waals surface area contributed by atoms with Crippen LogP contribution in [0.15, 0.2) is 24.3 Å². The fourth-order valence-corrected chi connectivity index (χ4v) is 5.02. The van der Waals surface area contributed by atoms with Crippen LogP contribution >= 0.6 is 0 Å². The highest BCUT2D eigenvalue weighted by Gasteiger charge is 2.34. The Morgan fingerprint density at radius 1 is 1.12 bits per heavy atom. The van der Waals surface area contributed by atoms with Crippen molar-refractivity contribution >= 4 is 16.9 Å². The summed E-state index contributed by atoms with van der Waals surface area (Å²) in [6.07, 6.45) is 7.86. The topological polar surface area (TPSA) is 43.3 Å². The predicted molar refractivity (Wildman–Crippen MR) is 93.3 cm³/mol. The minimum Gasteiger partial charge on any atom is -0.459 e. The predicted octanol–water partition coefficient (Wildman–Crippen LogP) is 3.42. The molecule has 5 rings (SSSR count). The summed E-state index contributed by atoms with van der Waals surface area (Å²) in [7, 11) is 0. The van der Waals surface area contributed by atoms with Gasteiger partial charge in [0.05, 0.1) is 5.56 Å². The molecular formula is C20H24N2O2. The first-order chi connectivity index (χ1) is 11.8. The molecule has 0 saturated carbocycles. The van der Waals surface area contributed by atoms with Crippen molar-refractivity contribution in [2.75, 3.05) is 0 Å². The molecular weight excluding hydrogens is 300 g/mol. The molecule has 4 heterocycles. The molecule has 1 N–H and O–H groups in total. The van der Waals surface area contributed by atoms with E-state index in [1.54, 1.807) is 0 Å². The van der Waals surface area contributed by atoms with E-state index in [0.29, 0.717) is 12.1 Å². The van der Waals surface area contributed by atoms with Crippen molar-refractivity contribution in [3.8, 4) is 0 Å². The van der Waals surface area contributed by atoms with Gasteiger partial charge in [-0.3, -0.25) is 0 Å². The fraction of sp³-hybridized carbons (Fsp3) is 0.550. The number of carbonyl (C=O) groups is 1. The van der Waals surface area contributed by atoms with E-state index in [2.05, 4.69) is 28.1 Å². The Morgan fingerprint density at radius 3 is 2.75 bits per heavy atom. The maximum Gasteiger partial charge on any atom is 0.340 e. The van der Waals surface area contributed by atoms with Gasteiger partial charge in [0.15, 0.2) is 0 Å². The van der Waals surface area contributed by atoms with Crippen LogP contribution in [0.2, 0.25) is 0 Å². The summed E-state index contributed by atoms with van der Waals surface area (Å²) in [5.74, 6) is -0.105. The van der Waals surface area contributed by atoms with Gasteiger partial charge in [-0.2, -0.15) is 0 Å². The number of hydrogen-bond donors (Lipinski definition) is 1. The van der Waals surface area contributed by atoms with Crippen LogP contribution in [0.25, 0.3) is 10.9 Å². The summed E-state index contributed by atoms with van der Waals surface area (Å²) < 4.78 is 8.32. The molecule has 3 aliphatic rings. The molecule has 2 bridgehead atoms. The zero-order valence-corrected chi connectivity index (χ0v) is 14.0. The van der Waals surface area contributed by atoms with Crippen molar-refractivity contribution in [1.29, 1.82) is 0 Å². The summed E-state index contributed by atoms with van der Waals surface area (Å²) in [6, 6.07) is 9.32. The van der Waals surface area contributed by atoms with Gasteiger partial charge in [0.25, 0.3) is 0 Å². The first kappa shape index (κ1) is 14.5. The van der Waals surface area contributed by atoms with Crippen LogP contribution in [0.1, 0.15) is 54.6 Å². The Kier molecular flexibility index (Phi) is 3.40. The van der Waals surface area contributed by atoms with E-state index in [9.17, 15) is 4.79 Å². The van der Waals surface area contributed by atoms with Gasteiger partial charge in [-0.25, -0.2) is 4.79 Å². The number of para-hydroxylation sites is 1. The van der Waals surface area contributed by atoms with Crippen LogP contribution in [0.5, 0.6) is 0 Å². The van der Waals surface area contributed by atoms with Crippen LogP contribution in [-0.4, -0.2) is 28.7 Å². The molecule has 1 unspecified atom stereocenters. The summed E-state index contributed by atoms with van der Waals surface area (Å²) in [5.41, 5.74) is 3.18. The number of aromatic nitrogens is 1. The third-order valence-corrected chi connectivity index (χ3v) is 6.02. The average molecular weight is 324 g/mol. The van der Waals surface area contributed by atoms with Crippen molar-refractivity contribution in [2.24, 2.45) is 0 Å². The van der Waals surface area contributed by atoms with E-state index in [0.717, 1.165) is 43.2 Å². The molecule has 24 heavy (non-hydrogen) atoms. The van der Waals surface area contributed by atoms with Gasteiger partial charge in [-0.15, -0.1) is 0 Å². The van der Waals surface area contributed by atoms with E-state index in [-0.39, 0.29) is 12.1 Å². The minimum atomic E-state index is -0.105. The number of piperidine rings is 2. The van der Waals surface area contributed by atoms with Gasteiger partial charge in [0.1, 0.15) is 6.10 Å². The Balaban J connectivity index is 1.44. The third kappa shape index (κ3) is 2.27. The van der Waals surface area contributed by atoms with E-state index < -0.39 is 0 Å². The fourth-order valence-electron chi connectivity index (χ4n) is 5.02. The van der Waals surface area contributed by atoms with Crippen molar-refractivity contribution < 1.29 is 9.53 Å². The second kappa shape index (κ2) is 5.62. The lowest BCUT2D eigenvalue weighted by Crippen LogP contribution is -2.51. The molecule has 4 nitrogen and oxygen atoms in total. The van der Waals surface area contributed by atoms with Crippen molar-refractivity contribution in [2.45, 2.75) is 69.7 Å². The highest BCUT2D eigenvalue weighted by molar-refractivity contribution is 6.06. The Hall–Kier alpha value is -1.81. The quantitative estimate of drug-likeness (QED) is 0.861. The van der Waals surface area contributed by atoms with Crippen LogP contribution in [-0.2, 0) is 17.7 Å². The molecule has 1 aromatic heterocycles. The largest absolute Gasteiger partial charge is 0.459 e. The molecule has 2 fully saturated rings. The van der Waals surface area contributed by atoms with E-state index >= 15 is 0 Å². The summed E-state index contributed by atoms with van der Waals surface area (Å²) in [6.45, 7) is 1.01. The number of hydrogen-bond acceptors (Lipinski definition) is 3. The van der Waals surface area contributed by atoms with Crippen LogP contribution in [0.4, 0.5) is 0 Å². The number of carbonyl (C=O) groups excluding carboxylic acids is 1. The Labute approximate surface area is 142 Å². The lowest BCUT2D eigenvalue weighted by molar-refractivity contribution is 0.00754. The molecule has 1 aromatic carbocycles. The second-order valence-corrected chi connectivity index (χ2v) is 7.58. The number of benzene rings is 1. The maximum atomic E-state index is 13.0. The number of fused-ring (bicyclic) bond motifs is 5. The number of nitrogens with one attached hydrogen (secondary N) is 1. The second-order valence-electron chi connectivity index (χ2n) is 7.58. The smallest absolute Gasteiger partial charge is 0.340 e. The molecule has 0 radical (unpaired) electrons. The highest BCUT2D eigenvalue weighted by atomic mass is 16.5. The van der Waals surface area contributed by atoms with Crippen LogP contribution < -0.4 is 5.32 Å². The minimum absolute atomic E-state index is 0.0739. The lowest BCUT2D eigenvalue weighted by atomic mass is 9.85. The summed E-state index contributed by atoms with van der Waals surface area (Å²) in [5, 5.41) is 4.73. The summed E-state index contributed by atoms with van der Waals surface area (Å²) in [4.78, 5) is 13.0. The van der Waals surface area contributed by atoms with Gasteiger partial charge >= 0.3 is 5.97 Å². The van der Waals surface area contributed by atoms with E-state index in [4.69, 9.17) is 4.74 Å². The van der Waals surface area contributed by atoms with Gasteiger partial charge in [-0.1, -0.05) is 24.6 Å². The normalized spacial score (nSPS) is 28.8. The SMILES string of the molecule is O=C(OC1C[C@H]2CCC[C@@H](C1)N2)c1c2n(c3ccccc13)CCC2. The monoisotopic (exact) mass is 324 g/mol. The third-order valence-electron chi connectivity index (χ3n) is 6.02. The molecule has 4 heteroatoms. The first-order valence-corrected chi connectivity index (χ1v) is 9.37. The van der Waals surface area contributed by atoms with Gasteiger partial charge < -0.3 is 14.6 Å². The molecule has 3 atom stereocenters. The number of ether oxygens (including phenoxy) is 1. The number of esters is 1. The molecule has 0 spiro atoms. The van der Waals surface area contributed by atoms with Gasteiger partial charge in [-0.05, 0) is 44.6 Å². The molecule has 3 aliphatic heterocycles. The zero-order chi connectivity index (χ0) is 16.1. The van der Waals surface area contributed by atoms with Crippen molar-refractivity contribution in [1.82, 2.24) is 9.88 Å². The number of rotatable bonds is 2. The van der Waals surface area contributed by atoms with Gasteiger partial charge in [0.2, 0.25) is 0 Å². The standard InChI is InChI=1S/C20H24N2O2/c23-20(24-15-11-13-5-3-6-14(12-15)21-13)19-16-7-1-2-8-17(16)22-10-4-9-18(19)22/h1-2,7-8,13-15,21H,3-6,9-12H2/t13-,14+,15?. The lowest BCUT2D eigenvalue weighted by Gasteiger charge is -2.39. The average Bonchev–Trinajstić information content (AvgIpc) is 3.14. The first-order valence-electron chi connectivity index (χ1n) is 9.37. The highest BCUT2D eigenvalue weighted by Crippen LogP contribution is 2.33. The summed E-state index contributed by atoms with van der Waals surface area (Å²) >= 11 is 0. The zero-order valence-electron chi connectivity index (χ0n) is 14.0. The van der Waals surface area contributed by atoms with E-state index in [1.807, 2.05) is 6.07 Å². The molecule has 2 aromatic rings. The Morgan fingerprint density at radius 2 is 1.92 bits per heavy atom. The Bertz CT molecular complexity index is 782. The molecule has 0 amide bonds. The molecule has 0 aliphatic carbocycles. The van der Waals surface area contributed by atoms with Crippen LogP contribution in [0, 0.1) is 0 Å². The molecule has 126 valence electrons. The molecule has 2 saturated heterocycles. The number of aryl methyl sites for hydroxylation is 1. The maximum absolute atomic E-state index is 13.0.